The molecule has 4 aromatic rings. The van der Waals surface area contributed by atoms with Crippen LogP contribution in [0.1, 0.15) is 42.4 Å². The smallest absolute Gasteiger partial charge is 0.264 e. The van der Waals surface area contributed by atoms with Gasteiger partial charge in [0.1, 0.15) is 18.3 Å². The number of carbonyl (C=O) groups is 2. The molecule has 258 valence electrons. The van der Waals surface area contributed by atoms with E-state index in [4.69, 9.17) is 27.9 Å². The van der Waals surface area contributed by atoms with Crippen LogP contribution in [0.4, 0.5) is 5.69 Å². The summed E-state index contributed by atoms with van der Waals surface area (Å²) in [6, 6.07) is 24.7. The minimum Gasteiger partial charge on any atom is -0.496 e. The first-order valence-electron chi connectivity index (χ1n) is 16.0. The van der Waals surface area contributed by atoms with E-state index in [0.29, 0.717) is 31.5 Å². The van der Waals surface area contributed by atoms with Crippen LogP contribution in [0.2, 0.25) is 10.0 Å². The van der Waals surface area contributed by atoms with Crippen molar-refractivity contribution in [2.24, 2.45) is 0 Å². The van der Waals surface area contributed by atoms with Crippen molar-refractivity contribution >= 4 is 66.7 Å². The van der Waals surface area contributed by atoms with Crippen molar-refractivity contribution < 1.29 is 22.7 Å². The lowest BCUT2D eigenvalue weighted by Gasteiger charge is -2.34. The highest BCUT2D eigenvalue weighted by molar-refractivity contribution is 9.10. The molecular weight excluding hydrogens is 749 g/mol. The number of anilines is 1. The fourth-order valence-corrected chi connectivity index (χ4v) is 8.53. The molecule has 0 heterocycles. The van der Waals surface area contributed by atoms with E-state index in [2.05, 4.69) is 21.2 Å². The van der Waals surface area contributed by atoms with Crippen LogP contribution in [0.25, 0.3) is 0 Å². The van der Waals surface area contributed by atoms with E-state index >= 15 is 0 Å². The number of nitrogens with one attached hydrogen (secondary N) is 1. The number of rotatable bonds is 13. The van der Waals surface area contributed by atoms with Gasteiger partial charge in [-0.1, -0.05) is 90.1 Å². The topological polar surface area (TPSA) is 96.0 Å². The zero-order chi connectivity index (χ0) is 35.1. The Hall–Kier alpha value is -3.57. The first-order valence-corrected chi connectivity index (χ1v) is 19.0. The largest absolute Gasteiger partial charge is 0.496 e. The van der Waals surface area contributed by atoms with Gasteiger partial charge in [0.25, 0.3) is 10.0 Å². The highest BCUT2D eigenvalue weighted by Gasteiger charge is 2.36. The maximum absolute atomic E-state index is 14.7. The van der Waals surface area contributed by atoms with Crippen molar-refractivity contribution in [2.45, 2.75) is 62.6 Å². The highest BCUT2D eigenvalue weighted by Crippen LogP contribution is 2.32. The molecule has 0 saturated heterocycles. The van der Waals surface area contributed by atoms with Crippen LogP contribution < -0.4 is 14.4 Å². The van der Waals surface area contributed by atoms with Gasteiger partial charge in [0, 0.05) is 29.1 Å². The molecule has 8 nitrogen and oxygen atoms in total. The molecular formula is C37H38BrCl2N3O5S. The van der Waals surface area contributed by atoms with Crippen molar-refractivity contribution in [3.63, 3.8) is 0 Å². The van der Waals surface area contributed by atoms with Crippen molar-refractivity contribution in [3.8, 4) is 5.75 Å². The zero-order valence-corrected chi connectivity index (χ0v) is 31.2. The van der Waals surface area contributed by atoms with E-state index in [1.165, 1.54) is 24.1 Å². The van der Waals surface area contributed by atoms with Crippen LogP contribution >= 0.6 is 39.1 Å². The Balaban J connectivity index is 1.59. The Morgan fingerprint density at radius 3 is 2.29 bits per heavy atom. The second-order valence-electron chi connectivity index (χ2n) is 12.1. The maximum Gasteiger partial charge on any atom is 0.264 e. The second kappa shape index (κ2) is 16.4. The number of carbonyl (C=O) groups excluding carboxylic acids is 2. The standard InChI is InChI=1S/C37H38BrCl2N3O5S/c1-25-12-16-30(17-13-25)43(49(46,47)31-18-19-35(48-2)32(38)22-31)24-36(44)42(23-27-14-15-28(39)21-33(27)40)34(20-26-8-4-3-5-9-26)37(45)41-29-10-6-7-11-29/h3-5,8-9,12-19,21-22,29,34H,6-7,10-11,20,23-24H2,1-2H3,(H,41,45). The molecule has 0 bridgehead atoms. The predicted octanol–water partition coefficient (Wildman–Crippen LogP) is 7.97. The number of methoxy groups -OCH3 is 1. The number of hydrogen-bond donors (Lipinski definition) is 1. The summed E-state index contributed by atoms with van der Waals surface area (Å²) in [6.45, 7) is 1.26. The van der Waals surface area contributed by atoms with Gasteiger partial charge in [0.15, 0.2) is 0 Å². The molecule has 1 saturated carbocycles. The summed E-state index contributed by atoms with van der Waals surface area (Å²) in [5.41, 5.74) is 2.63. The van der Waals surface area contributed by atoms with Crippen LogP contribution in [0.3, 0.4) is 0 Å². The SMILES string of the molecule is COc1ccc(S(=O)(=O)N(CC(=O)N(Cc2ccc(Cl)cc2Cl)C(Cc2ccccc2)C(=O)NC2CCCC2)c2ccc(C)cc2)cc1Br. The van der Waals surface area contributed by atoms with Gasteiger partial charge in [-0.2, -0.15) is 0 Å². The molecule has 1 aliphatic rings. The normalized spacial score (nSPS) is 13.9. The molecule has 1 aliphatic carbocycles. The third-order valence-corrected chi connectivity index (χ3v) is 11.6. The number of halogens is 3. The third-order valence-electron chi connectivity index (χ3n) is 8.64. The summed E-state index contributed by atoms with van der Waals surface area (Å²) in [5, 5.41) is 3.92. The van der Waals surface area contributed by atoms with E-state index in [-0.39, 0.29) is 29.8 Å². The van der Waals surface area contributed by atoms with Crippen molar-refractivity contribution in [3.05, 3.63) is 122 Å². The lowest BCUT2D eigenvalue weighted by atomic mass is 10.0. The van der Waals surface area contributed by atoms with Crippen LogP contribution in [-0.2, 0) is 32.6 Å². The molecule has 5 rings (SSSR count). The van der Waals surface area contributed by atoms with Gasteiger partial charge in [0.05, 0.1) is 22.2 Å². The number of sulfonamides is 1. The fourth-order valence-electron chi connectivity index (χ4n) is 5.93. The van der Waals surface area contributed by atoms with Gasteiger partial charge < -0.3 is 15.0 Å². The Morgan fingerprint density at radius 2 is 1.65 bits per heavy atom. The summed E-state index contributed by atoms with van der Waals surface area (Å²) < 4.78 is 35.6. The molecule has 1 atom stereocenters. The molecule has 0 aliphatic heterocycles. The Labute approximate surface area is 306 Å². The molecule has 2 amide bonds. The molecule has 1 N–H and O–H groups in total. The third kappa shape index (κ3) is 9.16. The van der Waals surface area contributed by atoms with E-state index in [1.807, 2.05) is 37.3 Å². The second-order valence-corrected chi connectivity index (χ2v) is 15.7. The van der Waals surface area contributed by atoms with E-state index in [1.54, 1.807) is 48.5 Å². The molecule has 49 heavy (non-hydrogen) atoms. The lowest BCUT2D eigenvalue weighted by molar-refractivity contribution is -0.140. The number of amides is 2. The molecule has 12 heteroatoms. The Morgan fingerprint density at radius 1 is 0.959 bits per heavy atom. The summed E-state index contributed by atoms with van der Waals surface area (Å²) in [6.07, 6.45) is 3.96. The minimum absolute atomic E-state index is 0.000186. The number of aryl methyl sites for hydroxylation is 1. The predicted molar refractivity (Wildman–Crippen MR) is 198 cm³/mol. The van der Waals surface area contributed by atoms with Crippen molar-refractivity contribution in [2.75, 3.05) is 18.0 Å². The van der Waals surface area contributed by atoms with Crippen molar-refractivity contribution in [1.29, 1.82) is 0 Å². The summed E-state index contributed by atoms with van der Waals surface area (Å²) in [5.74, 6) is -0.428. The summed E-state index contributed by atoms with van der Waals surface area (Å²) in [4.78, 5) is 30.3. The van der Waals surface area contributed by atoms with Crippen LogP contribution in [0, 0.1) is 6.92 Å². The molecule has 1 fully saturated rings. The molecule has 4 aromatic carbocycles. The monoisotopic (exact) mass is 785 g/mol. The number of hydrogen-bond acceptors (Lipinski definition) is 5. The van der Waals surface area contributed by atoms with Gasteiger partial charge in [-0.15, -0.1) is 0 Å². The van der Waals surface area contributed by atoms with Gasteiger partial charge in [0.2, 0.25) is 11.8 Å². The maximum atomic E-state index is 14.7. The molecule has 0 spiro atoms. The minimum atomic E-state index is -4.30. The average molecular weight is 788 g/mol. The van der Waals surface area contributed by atoms with E-state index in [9.17, 15) is 18.0 Å². The quantitative estimate of drug-likeness (QED) is 0.148. The van der Waals surface area contributed by atoms with Gasteiger partial charge in [-0.05, 0) is 89.3 Å². The first-order chi connectivity index (χ1) is 23.5. The van der Waals surface area contributed by atoms with Gasteiger partial charge >= 0.3 is 0 Å². The van der Waals surface area contributed by atoms with Crippen molar-refractivity contribution in [1.82, 2.24) is 10.2 Å². The van der Waals surface area contributed by atoms with Crippen LogP contribution in [-0.4, -0.2) is 50.9 Å². The molecule has 1 unspecified atom stereocenters. The first kappa shape index (κ1) is 36.7. The number of benzene rings is 4. The zero-order valence-electron chi connectivity index (χ0n) is 27.2. The van der Waals surface area contributed by atoms with Gasteiger partial charge in [-0.25, -0.2) is 8.42 Å². The highest BCUT2D eigenvalue weighted by atomic mass is 79.9. The summed E-state index contributed by atoms with van der Waals surface area (Å²) in [7, 11) is -2.81. The van der Waals surface area contributed by atoms with E-state index < -0.39 is 28.5 Å². The summed E-state index contributed by atoms with van der Waals surface area (Å²) >= 11 is 16.2. The van der Waals surface area contributed by atoms with Crippen LogP contribution in [0.5, 0.6) is 5.75 Å². The average Bonchev–Trinajstić information content (AvgIpc) is 3.60. The molecule has 0 aromatic heterocycles. The molecule has 0 radical (unpaired) electrons. The van der Waals surface area contributed by atoms with E-state index in [0.717, 1.165) is 41.1 Å². The van der Waals surface area contributed by atoms with Gasteiger partial charge in [-0.3, -0.25) is 13.9 Å². The Bertz CT molecular complexity index is 1890. The number of nitrogens with zero attached hydrogens (tertiary/aromatic N) is 2. The lowest BCUT2D eigenvalue weighted by Crippen LogP contribution is -2.54. The Kier molecular flexibility index (Phi) is 12.3. The number of ether oxygens (including phenoxy) is 1. The van der Waals surface area contributed by atoms with Crippen LogP contribution in [0.15, 0.2) is 100 Å². The fraction of sp³-hybridized carbons (Fsp3) is 0.297.